The quantitative estimate of drug-likeness (QED) is 0.146. The number of aliphatic imine (C=N–C) groups is 1. The first-order valence-corrected chi connectivity index (χ1v) is 12.9. The van der Waals surface area contributed by atoms with Gasteiger partial charge in [-0.15, -0.1) is 0 Å². The number of carbonyl (C=O) groups excluding carboxylic acids is 5. The second kappa shape index (κ2) is 14.2. The third-order valence-corrected chi connectivity index (χ3v) is 6.12. The van der Waals surface area contributed by atoms with Gasteiger partial charge in [-0.2, -0.15) is 0 Å². The van der Waals surface area contributed by atoms with E-state index in [2.05, 4.69) is 31.6 Å². The van der Waals surface area contributed by atoms with Crippen LogP contribution in [0, 0.1) is 0 Å². The smallest absolute Gasteiger partial charge is 0.305 e. The van der Waals surface area contributed by atoms with Crippen LogP contribution in [-0.2, 0) is 36.9 Å². The molecule has 0 aromatic heterocycles. The molecule has 10 N–H and O–H groups in total. The average Bonchev–Trinajstić information content (AvgIpc) is 2.94. The molecule has 0 spiro atoms. The number of carboxylic acid groups (broad SMARTS) is 1. The van der Waals surface area contributed by atoms with E-state index >= 15 is 0 Å². The summed E-state index contributed by atoms with van der Waals surface area (Å²) in [6.45, 7) is 0.782. The molecule has 1 heterocycles. The zero-order chi connectivity index (χ0) is 30.8. The number of carbonyl (C=O) groups is 6. The standard InChI is InChI=1S/C27H32N8O7/c1-14-23(39)35-19(10-15-5-7-18(8-6-15)33-27(28)29)25(41)31-13-21(36)34-20(11-22(37)38)26(42)30-12-16-3-2-4-17(9-16)24(40)32-14/h2-9,14,19-20H,10-13H2,1H3,(H,30,42)(H,31,41)(H,32,40)(H,34,36)(H,35,39)(H,37,38)(H4,28,29,33). The number of nitrogens with two attached hydrogens (primary N) is 2. The molecule has 2 aromatic rings. The fourth-order valence-electron chi connectivity index (χ4n) is 4.00. The predicted molar refractivity (Wildman–Crippen MR) is 150 cm³/mol. The van der Waals surface area contributed by atoms with Crippen molar-refractivity contribution in [1.82, 2.24) is 26.6 Å². The molecule has 0 fully saturated rings. The zero-order valence-electron chi connectivity index (χ0n) is 22.7. The minimum Gasteiger partial charge on any atom is -0.481 e. The van der Waals surface area contributed by atoms with Gasteiger partial charge in [-0.25, -0.2) is 4.99 Å². The maximum Gasteiger partial charge on any atom is 0.305 e. The monoisotopic (exact) mass is 580 g/mol. The molecule has 3 rings (SSSR count). The van der Waals surface area contributed by atoms with E-state index in [1.165, 1.54) is 19.1 Å². The lowest BCUT2D eigenvalue weighted by Crippen LogP contribution is -2.55. The maximum absolute atomic E-state index is 13.1. The summed E-state index contributed by atoms with van der Waals surface area (Å²) in [6.07, 6.45) is -0.714. The van der Waals surface area contributed by atoms with Gasteiger partial charge in [0.05, 0.1) is 18.7 Å². The molecule has 0 radical (unpaired) electrons. The molecule has 0 saturated carbocycles. The van der Waals surface area contributed by atoms with Gasteiger partial charge in [-0.1, -0.05) is 24.3 Å². The van der Waals surface area contributed by atoms with Crippen LogP contribution in [0.3, 0.4) is 0 Å². The predicted octanol–water partition coefficient (Wildman–Crippen LogP) is -1.86. The number of fused-ring (bicyclic) bond motifs is 2. The maximum atomic E-state index is 13.1. The molecule has 0 aliphatic carbocycles. The van der Waals surface area contributed by atoms with Gasteiger partial charge in [0.25, 0.3) is 5.91 Å². The molecule has 3 atom stereocenters. The number of nitrogens with one attached hydrogen (secondary N) is 5. The Morgan fingerprint density at radius 1 is 0.881 bits per heavy atom. The van der Waals surface area contributed by atoms with E-state index in [0.717, 1.165) is 0 Å². The molecule has 2 aromatic carbocycles. The molecule has 15 nitrogen and oxygen atoms in total. The SMILES string of the molecule is CC1NC(=O)c2cccc(c2)CNC(=O)C(CC(=O)O)NC(=O)CNC(=O)C(Cc2ccc(N=C(N)N)cc2)NC1=O. The second-order valence-corrected chi connectivity index (χ2v) is 9.52. The first-order chi connectivity index (χ1) is 19.9. The number of nitrogens with zero attached hydrogens (tertiary/aromatic N) is 1. The van der Waals surface area contributed by atoms with Gasteiger partial charge in [-0.05, 0) is 42.3 Å². The molecule has 15 heteroatoms. The van der Waals surface area contributed by atoms with Crippen molar-refractivity contribution in [3.8, 4) is 0 Å². The average molecular weight is 581 g/mol. The van der Waals surface area contributed by atoms with Crippen LogP contribution in [0.15, 0.2) is 53.5 Å². The highest BCUT2D eigenvalue weighted by atomic mass is 16.4. The first kappa shape index (κ1) is 31.1. The van der Waals surface area contributed by atoms with Gasteiger partial charge in [0.1, 0.15) is 18.1 Å². The lowest BCUT2D eigenvalue weighted by molar-refractivity contribution is -0.140. The van der Waals surface area contributed by atoms with Crippen LogP contribution in [-0.4, -0.2) is 71.2 Å². The van der Waals surface area contributed by atoms with E-state index in [0.29, 0.717) is 16.8 Å². The summed E-state index contributed by atoms with van der Waals surface area (Å²) in [6, 6.07) is 9.07. The molecular weight excluding hydrogens is 548 g/mol. The summed E-state index contributed by atoms with van der Waals surface area (Å²) < 4.78 is 0. The Morgan fingerprint density at radius 3 is 2.21 bits per heavy atom. The summed E-state index contributed by atoms with van der Waals surface area (Å²) >= 11 is 0. The van der Waals surface area contributed by atoms with Crippen LogP contribution in [0.5, 0.6) is 0 Å². The largest absolute Gasteiger partial charge is 0.481 e. The highest BCUT2D eigenvalue weighted by molar-refractivity contribution is 5.99. The molecule has 0 saturated heterocycles. The molecule has 3 unspecified atom stereocenters. The Bertz CT molecular complexity index is 1390. The Kier molecular flexibility index (Phi) is 10.5. The topological polar surface area (TPSA) is 247 Å². The number of rotatable bonds is 5. The van der Waals surface area contributed by atoms with Crippen LogP contribution in [0.1, 0.15) is 34.8 Å². The Labute approximate surface area is 240 Å². The van der Waals surface area contributed by atoms with Crippen molar-refractivity contribution in [2.75, 3.05) is 6.54 Å². The Hall–Kier alpha value is -5.47. The molecule has 2 bridgehead atoms. The van der Waals surface area contributed by atoms with E-state index in [4.69, 9.17) is 11.5 Å². The molecular formula is C27H32N8O7. The van der Waals surface area contributed by atoms with Crippen LogP contribution >= 0.6 is 0 Å². The molecule has 1 aliphatic heterocycles. The zero-order valence-corrected chi connectivity index (χ0v) is 22.7. The highest BCUT2D eigenvalue weighted by Gasteiger charge is 2.27. The number of amides is 5. The molecule has 42 heavy (non-hydrogen) atoms. The summed E-state index contributed by atoms with van der Waals surface area (Å²) in [4.78, 5) is 79.5. The second-order valence-electron chi connectivity index (χ2n) is 9.52. The van der Waals surface area contributed by atoms with Crippen molar-refractivity contribution in [1.29, 1.82) is 0 Å². The van der Waals surface area contributed by atoms with Crippen molar-refractivity contribution in [2.24, 2.45) is 16.5 Å². The Morgan fingerprint density at radius 2 is 1.55 bits per heavy atom. The number of benzene rings is 2. The van der Waals surface area contributed by atoms with Crippen molar-refractivity contribution in [3.05, 3.63) is 65.2 Å². The number of carboxylic acids is 1. The van der Waals surface area contributed by atoms with E-state index in [1.54, 1.807) is 36.4 Å². The van der Waals surface area contributed by atoms with Gasteiger partial charge in [0.2, 0.25) is 23.6 Å². The lowest BCUT2D eigenvalue weighted by Gasteiger charge is -2.22. The van der Waals surface area contributed by atoms with E-state index < -0.39 is 66.6 Å². The van der Waals surface area contributed by atoms with Crippen LogP contribution < -0.4 is 38.1 Å². The summed E-state index contributed by atoms with van der Waals surface area (Å²) in [5.41, 5.74) is 12.6. The fraction of sp³-hybridized carbons (Fsp3) is 0.296. The van der Waals surface area contributed by atoms with E-state index in [1.807, 2.05) is 0 Å². The van der Waals surface area contributed by atoms with Gasteiger partial charge in [-0.3, -0.25) is 28.8 Å². The van der Waals surface area contributed by atoms with Crippen molar-refractivity contribution in [3.63, 3.8) is 0 Å². The van der Waals surface area contributed by atoms with Gasteiger partial charge >= 0.3 is 5.97 Å². The van der Waals surface area contributed by atoms with Crippen LogP contribution in [0.25, 0.3) is 0 Å². The molecule has 1 aliphatic rings. The summed E-state index contributed by atoms with van der Waals surface area (Å²) in [7, 11) is 0. The number of guanidine groups is 1. The van der Waals surface area contributed by atoms with Crippen molar-refractivity contribution in [2.45, 2.75) is 44.4 Å². The van der Waals surface area contributed by atoms with E-state index in [9.17, 15) is 33.9 Å². The number of hydrogen-bond acceptors (Lipinski definition) is 7. The lowest BCUT2D eigenvalue weighted by atomic mass is 10.0. The van der Waals surface area contributed by atoms with Gasteiger partial charge in [0.15, 0.2) is 5.96 Å². The normalized spacial score (nSPS) is 20.4. The minimum atomic E-state index is -1.43. The van der Waals surface area contributed by atoms with Crippen LogP contribution in [0.2, 0.25) is 0 Å². The minimum absolute atomic E-state index is 0.00590. The third-order valence-electron chi connectivity index (χ3n) is 6.12. The first-order valence-electron chi connectivity index (χ1n) is 12.9. The van der Waals surface area contributed by atoms with Crippen LogP contribution in [0.4, 0.5) is 5.69 Å². The van der Waals surface area contributed by atoms with Crippen molar-refractivity contribution >= 4 is 47.2 Å². The molecule has 222 valence electrons. The Balaban J connectivity index is 1.88. The van der Waals surface area contributed by atoms with E-state index in [-0.39, 0.29) is 24.5 Å². The van der Waals surface area contributed by atoms with Crippen molar-refractivity contribution < 1.29 is 33.9 Å². The fourth-order valence-corrected chi connectivity index (χ4v) is 4.00. The molecule has 5 amide bonds. The summed E-state index contributed by atoms with van der Waals surface area (Å²) in [5, 5.41) is 21.6. The van der Waals surface area contributed by atoms with Gasteiger partial charge < -0.3 is 43.2 Å². The number of aliphatic carboxylic acids is 1. The third kappa shape index (κ3) is 9.32. The number of hydrogen-bond donors (Lipinski definition) is 8. The summed E-state index contributed by atoms with van der Waals surface area (Å²) in [5.74, 6) is -5.02. The highest BCUT2D eigenvalue weighted by Crippen LogP contribution is 2.14. The van der Waals surface area contributed by atoms with Gasteiger partial charge in [0, 0.05) is 18.5 Å².